The molecule has 1 saturated heterocycles. The first-order valence-electron chi connectivity index (χ1n) is 9.88. The first kappa shape index (κ1) is 18.6. The summed E-state index contributed by atoms with van der Waals surface area (Å²) in [5, 5.41) is 0. The SMILES string of the molecule is COc1ccc(CCC(=O)N2CCN(C(=O)C3CC3c3ccco3)CC2)cc1. The van der Waals surface area contributed by atoms with Crippen LogP contribution in [-0.4, -0.2) is 54.9 Å². The maximum Gasteiger partial charge on any atom is 0.226 e. The molecule has 1 aromatic heterocycles. The van der Waals surface area contributed by atoms with E-state index in [1.807, 2.05) is 46.2 Å². The number of aryl methyl sites for hydroxylation is 1. The van der Waals surface area contributed by atoms with Gasteiger partial charge in [0.15, 0.2) is 0 Å². The Balaban J connectivity index is 1.21. The molecule has 2 aromatic rings. The molecule has 2 unspecified atom stereocenters. The van der Waals surface area contributed by atoms with E-state index in [1.54, 1.807) is 13.4 Å². The lowest BCUT2D eigenvalue weighted by atomic mass is 10.1. The van der Waals surface area contributed by atoms with Crippen molar-refractivity contribution >= 4 is 11.8 Å². The summed E-state index contributed by atoms with van der Waals surface area (Å²) in [5.41, 5.74) is 1.13. The second-order valence-corrected chi connectivity index (χ2v) is 7.52. The van der Waals surface area contributed by atoms with Crippen LogP contribution in [0.2, 0.25) is 0 Å². The second kappa shape index (κ2) is 8.09. The van der Waals surface area contributed by atoms with Gasteiger partial charge in [0, 0.05) is 44.4 Å². The maximum absolute atomic E-state index is 12.7. The zero-order chi connectivity index (χ0) is 19.5. The lowest BCUT2D eigenvalue weighted by molar-refractivity contribution is -0.140. The van der Waals surface area contributed by atoms with Crippen molar-refractivity contribution < 1.29 is 18.7 Å². The number of nitrogens with zero attached hydrogens (tertiary/aromatic N) is 2. The molecular formula is C22H26N2O4. The van der Waals surface area contributed by atoms with Crippen molar-refractivity contribution in [2.24, 2.45) is 5.92 Å². The third-order valence-electron chi connectivity index (χ3n) is 5.75. The minimum absolute atomic E-state index is 0.0449. The molecule has 0 spiro atoms. The predicted molar refractivity (Wildman–Crippen MR) is 104 cm³/mol. The molecule has 4 rings (SSSR count). The van der Waals surface area contributed by atoms with E-state index in [1.165, 1.54) is 0 Å². The molecule has 148 valence electrons. The van der Waals surface area contributed by atoms with Crippen LogP contribution >= 0.6 is 0 Å². The number of rotatable bonds is 6. The van der Waals surface area contributed by atoms with Crippen molar-refractivity contribution in [1.82, 2.24) is 9.80 Å². The van der Waals surface area contributed by atoms with Gasteiger partial charge < -0.3 is 19.0 Å². The Hall–Kier alpha value is -2.76. The Morgan fingerprint density at radius 1 is 1.07 bits per heavy atom. The fourth-order valence-electron chi connectivity index (χ4n) is 3.90. The molecule has 0 radical (unpaired) electrons. The third kappa shape index (κ3) is 4.06. The number of hydrogen-bond donors (Lipinski definition) is 0. The standard InChI is InChI=1S/C22H26N2O4/c1-27-17-7-4-16(5-8-17)6-9-21(25)23-10-12-24(13-11-23)22(26)19-15-18(19)20-3-2-14-28-20/h2-5,7-8,14,18-19H,6,9-13,15H2,1H3. The fraction of sp³-hybridized carbons (Fsp3) is 0.455. The minimum atomic E-state index is 0.0449. The molecule has 2 atom stereocenters. The molecule has 2 amide bonds. The zero-order valence-corrected chi connectivity index (χ0v) is 16.2. The zero-order valence-electron chi connectivity index (χ0n) is 16.2. The number of amides is 2. The van der Waals surface area contributed by atoms with Gasteiger partial charge in [-0.25, -0.2) is 0 Å². The summed E-state index contributed by atoms with van der Waals surface area (Å²) in [7, 11) is 1.64. The van der Waals surface area contributed by atoms with Gasteiger partial charge in [-0.15, -0.1) is 0 Å². The summed E-state index contributed by atoms with van der Waals surface area (Å²) in [6.45, 7) is 2.47. The molecule has 1 aromatic carbocycles. The number of carbonyl (C=O) groups excluding carboxylic acids is 2. The van der Waals surface area contributed by atoms with Crippen LogP contribution in [0.25, 0.3) is 0 Å². The van der Waals surface area contributed by atoms with Crippen LogP contribution in [0.5, 0.6) is 5.75 Å². The molecule has 1 aliphatic carbocycles. The highest BCUT2D eigenvalue weighted by molar-refractivity contribution is 5.83. The van der Waals surface area contributed by atoms with Gasteiger partial charge in [0.05, 0.1) is 13.4 Å². The molecule has 28 heavy (non-hydrogen) atoms. The number of ether oxygens (including phenoxy) is 1. The number of furan rings is 1. The summed E-state index contributed by atoms with van der Waals surface area (Å²) in [4.78, 5) is 29.0. The second-order valence-electron chi connectivity index (χ2n) is 7.52. The highest BCUT2D eigenvalue weighted by Gasteiger charge is 2.47. The highest BCUT2D eigenvalue weighted by Crippen LogP contribution is 2.48. The number of methoxy groups -OCH3 is 1. The lowest BCUT2D eigenvalue weighted by Gasteiger charge is -2.35. The molecule has 2 heterocycles. The van der Waals surface area contributed by atoms with Crippen LogP contribution in [0.3, 0.4) is 0 Å². The van der Waals surface area contributed by atoms with Crippen LogP contribution in [0.1, 0.15) is 30.1 Å². The van der Waals surface area contributed by atoms with Crippen LogP contribution in [0, 0.1) is 5.92 Å². The highest BCUT2D eigenvalue weighted by atomic mass is 16.5. The summed E-state index contributed by atoms with van der Waals surface area (Å²) in [6.07, 6.45) is 3.73. The topological polar surface area (TPSA) is 63.0 Å². The minimum Gasteiger partial charge on any atom is -0.497 e. The van der Waals surface area contributed by atoms with E-state index in [4.69, 9.17) is 9.15 Å². The van der Waals surface area contributed by atoms with Gasteiger partial charge in [-0.2, -0.15) is 0 Å². The molecule has 2 aliphatic rings. The summed E-state index contributed by atoms with van der Waals surface area (Å²) >= 11 is 0. The van der Waals surface area contributed by atoms with Crippen LogP contribution in [0.15, 0.2) is 47.1 Å². The Morgan fingerprint density at radius 2 is 1.79 bits per heavy atom. The Labute approximate surface area is 165 Å². The third-order valence-corrected chi connectivity index (χ3v) is 5.75. The number of carbonyl (C=O) groups is 2. The summed E-state index contributed by atoms with van der Waals surface area (Å²) < 4.78 is 10.6. The first-order chi connectivity index (χ1) is 13.7. The van der Waals surface area contributed by atoms with E-state index in [9.17, 15) is 9.59 Å². The first-order valence-corrected chi connectivity index (χ1v) is 9.88. The van der Waals surface area contributed by atoms with Crippen LogP contribution in [0.4, 0.5) is 0 Å². The van der Waals surface area contributed by atoms with Crippen molar-refractivity contribution in [3.63, 3.8) is 0 Å². The van der Waals surface area contributed by atoms with Crippen molar-refractivity contribution in [3.05, 3.63) is 54.0 Å². The molecule has 1 saturated carbocycles. The molecule has 2 fully saturated rings. The lowest BCUT2D eigenvalue weighted by Crippen LogP contribution is -2.51. The van der Waals surface area contributed by atoms with E-state index < -0.39 is 0 Å². The number of benzene rings is 1. The van der Waals surface area contributed by atoms with Crippen LogP contribution in [-0.2, 0) is 16.0 Å². The molecule has 1 aliphatic heterocycles. The molecule has 0 bridgehead atoms. The van der Waals surface area contributed by atoms with Crippen molar-refractivity contribution in [3.8, 4) is 5.75 Å². The Morgan fingerprint density at radius 3 is 2.43 bits per heavy atom. The van der Waals surface area contributed by atoms with Crippen molar-refractivity contribution in [1.29, 1.82) is 0 Å². The summed E-state index contributed by atoms with van der Waals surface area (Å²) in [6, 6.07) is 11.6. The van der Waals surface area contributed by atoms with Crippen molar-refractivity contribution in [2.45, 2.75) is 25.2 Å². The Bertz CT molecular complexity index is 808. The molecule has 6 nitrogen and oxygen atoms in total. The fourth-order valence-corrected chi connectivity index (χ4v) is 3.90. The molecule has 6 heteroatoms. The molecule has 0 N–H and O–H groups in total. The number of hydrogen-bond acceptors (Lipinski definition) is 4. The van der Waals surface area contributed by atoms with Gasteiger partial charge in [-0.3, -0.25) is 9.59 Å². The summed E-state index contributed by atoms with van der Waals surface area (Å²) in [5.74, 6) is 2.36. The van der Waals surface area contributed by atoms with Crippen molar-refractivity contribution in [2.75, 3.05) is 33.3 Å². The van der Waals surface area contributed by atoms with Gasteiger partial charge in [-0.05, 0) is 42.7 Å². The number of piperazine rings is 1. The normalized spacial score (nSPS) is 21.5. The van der Waals surface area contributed by atoms with Gasteiger partial charge in [-0.1, -0.05) is 12.1 Å². The van der Waals surface area contributed by atoms with E-state index in [0.29, 0.717) is 32.6 Å². The van der Waals surface area contributed by atoms with Gasteiger partial charge in [0.1, 0.15) is 11.5 Å². The quantitative estimate of drug-likeness (QED) is 0.771. The van der Waals surface area contributed by atoms with E-state index in [2.05, 4.69) is 0 Å². The van der Waals surface area contributed by atoms with E-state index in [0.717, 1.165) is 29.9 Å². The average Bonchev–Trinajstić information content (AvgIpc) is 3.36. The van der Waals surface area contributed by atoms with Crippen LogP contribution < -0.4 is 4.74 Å². The Kier molecular flexibility index (Phi) is 5.37. The predicted octanol–water partition coefficient (Wildman–Crippen LogP) is 2.70. The van der Waals surface area contributed by atoms with Gasteiger partial charge in [0.25, 0.3) is 0 Å². The largest absolute Gasteiger partial charge is 0.497 e. The van der Waals surface area contributed by atoms with E-state index in [-0.39, 0.29) is 23.7 Å². The van der Waals surface area contributed by atoms with Gasteiger partial charge in [0.2, 0.25) is 11.8 Å². The smallest absolute Gasteiger partial charge is 0.226 e. The average molecular weight is 382 g/mol. The van der Waals surface area contributed by atoms with E-state index >= 15 is 0 Å². The molecular weight excluding hydrogens is 356 g/mol. The monoisotopic (exact) mass is 382 g/mol. The van der Waals surface area contributed by atoms with Gasteiger partial charge >= 0.3 is 0 Å². The maximum atomic E-state index is 12.7.